The lowest BCUT2D eigenvalue weighted by molar-refractivity contribution is 0.111. The lowest BCUT2D eigenvalue weighted by atomic mass is 10.3. The van der Waals surface area contributed by atoms with E-state index in [9.17, 15) is 4.79 Å². The molecule has 0 aliphatic carbocycles. The zero-order chi connectivity index (χ0) is 11.4. The molecule has 2 aromatic rings. The minimum atomic E-state index is 0.400. The summed E-state index contributed by atoms with van der Waals surface area (Å²) >= 11 is 0. The number of carbonyl (C=O) groups is 1. The summed E-state index contributed by atoms with van der Waals surface area (Å²) < 4.78 is 6.79. The van der Waals surface area contributed by atoms with Gasteiger partial charge in [-0.15, -0.1) is 0 Å². The normalized spacial score (nSPS) is 10.6. The molecule has 6 nitrogen and oxygen atoms in total. The Labute approximate surface area is 92.3 Å². The number of aromatic nitrogens is 4. The van der Waals surface area contributed by atoms with Crippen LogP contribution in [0.4, 0.5) is 0 Å². The van der Waals surface area contributed by atoms with E-state index in [1.54, 1.807) is 17.1 Å². The smallest absolute Gasteiger partial charge is 0.226 e. The third-order valence-corrected chi connectivity index (χ3v) is 2.07. The monoisotopic (exact) mass is 220 g/mol. The van der Waals surface area contributed by atoms with E-state index in [2.05, 4.69) is 22.0 Å². The molecule has 0 bridgehead atoms. The van der Waals surface area contributed by atoms with Crippen molar-refractivity contribution in [3.63, 3.8) is 0 Å². The van der Waals surface area contributed by atoms with Gasteiger partial charge in [0.05, 0.1) is 12.9 Å². The zero-order valence-electron chi connectivity index (χ0n) is 8.96. The van der Waals surface area contributed by atoms with Crippen molar-refractivity contribution in [2.45, 2.75) is 26.3 Å². The second-order valence-corrected chi connectivity index (χ2v) is 3.44. The highest BCUT2D eigenvalue weighted by molar-refractivity contribution is 5.70. The Bertz CT molecular complexity index is 475. The minimum Gasteiger partial charge on any atom is -0.339 e. The molecule has 0 unspecified atom stereocenters. The maximum atomic E-state index is 10.4. The SMILES string of the molecule is CCCc1nc(Cn2cnc(C=O)c2)no1. The topological polar surface area (TPSA) is 73.8 Å². The van der Waals surface area contributed by atoms with Gasteiger partial charge in [0.2, 0.25) is 5.89 Å². The molecule has 0 atom stereocenters. The summed E-state index contributed by atoms with van der Waals surface area (Å²) in [5.41, 5.74) is 0.400. The number of aryl methyl sites for hydroxylation is 1. The largest absolute Gasteiger partial charge is 0.339 e. The van der Waals surface area contributed by atoms with Crippen molar-refractivity contribution in [2.24, 2.45) is 0 Å². The molecule has 16 heavy (non-hydrogen) atoms. The van der Waals surface area contributed by atoms with E-state index in [0.29, 0.717) is 30.2 Å². The van der Waals surface area contributed by atoms with E-state index in [4.69, 9.17) is 4.52 Å². The van der Waals surface area contributed by atoms with Crippen LogP contribution in [-0.4, -0.2) is 26.0 Å². The van der Waals surface area contributed by atoms with Crippen LogP contribution in [0, 0.1) is 0 Å². The van der Waals surface area contributed by atoms with Crippen molar-refractivity contribution in [1.29, 1.82) is 0 Å². The van der Waals surface area contributed by atoms with Gasteiger partial charge in [-0.05, 0) is 6.42 Å². The standard InChI is InChI=1S/C10H12N4O2/c1-2-3-10-12-9(13-16-10)5-14-4-8(6-15)11-7-14/h4,6-7H,2-3,5H2,1H3. The van der Waals surface area contributed by atoms with Gasteiger partial charge in [-0.25, -0.2) is 4.98 Å². The molecule has 0 saturated heterocycles. The van der Waals surface area contributed by atoms with E-state index < -0.39 is 0 Å². The van der Waals surface area contributed by atoms with Gasteiger partial charge in [0.25, 0.3) is 0 Å². The molecule has 0 spiro atoms. The molecule has 2 aromatic heterocycles. The van der Waals surface area contributed by atoms with Gasteiger partial charge in [-0.1, -0.05) is 12.1 Å². The van der Waals surface area contributed by atoms with Crippen molar-refractivity contribution < 1.29 is 9.32 Å². The number of hydrogen-bond donors (Lipinski definition) is 0. The average Bonchev–Trinajstić information content (AvgIpc) is 2.89. The highest BCUT2D eigenvalue weighted by Crippen LogP contribution is 2.03. The first-order chi connectivity index (χ1) is 7.81. The summed E-state index contributed by atoms with van der Waals surface area (Å²) in [6.45, 7) is 2.52. The van der Waals surface area contributed by atoms with E-state index in [0.717, 1.165) is 12.8 Å². The molecular weight excluding hydrogens is 208 g/mol. The molecule has 0 fully saturated rings. The van der Waals surface area contributed by atoms with Crippen LogP contribution in [0.15, 0.2) is 17.0 Å². The summed E-state index contributed by atoms with van der Waals surface area (Å²) in [6.07, 6.45) is 5.68. The zero-order valence-corrected chi connectivity index (χ0v) is 8.96. The second-order valence-electron chi connectivity index (χ2n) is 3.44. The second kappa shape index (κ2) is 4.69. The molecule has 6 heteroatoms. The third kappa shape index (κ3) is 2.33. The Morgan fingerprint density at radius 3 is 3.12 bits per heavy atom. The Hall–Kier alpha value is -1.98. The molecule has 0 radical (unpaired) electrons. The summed E-state index contributed by atoms with van der Waals surface area (Å²) in [4.78, 5) is 18.5. The third-order valence-electron chi connectivity index (χ3n) is 2.07. The van der Waals surface area contributed by atoms with Gasteiger partial charge in [-0.3, -0.25) is 4.79 Å². The minimum absolute atomic E-state index is 0.400. The van der Waals surface area contributed by atoms with Crippen LogP contribution < -0.4 is 0 Å². The van der Waals surface area contributed by atoms with E-state index in [1.807, 2.05) is 0 Å². The van der Waals surface area contributed by atoms with Crippen molar-refractivity contribution in [1.82, 2.24) is 19.7 Å². The van der Waals surface area contributed by atoms with Gasteiger partial charge in [0, 0.05) is 12.6 Å². The molecule has 2 rings (SSSR count). The highest BCUT2D eigenvalue weighted by Gasteiger charge is 2.06. The Morgan fingerprint density at radius 1 is 1.56 bits per heavy atom. The summed E-state index contributed by atoms with van der Waals surface area (Å²) in [5, 5.41) is 3.84. The quantitative estimate of drug-likeness (QED) is 0.705. The first kappa shape index (κ1) is 10.5. The predicted molar refractivity (Wildman–Crippen MR) is 55.0 cm³/mol. The van der Waals surface area contributed by atoms with Crippen LogP contribution in [-0.2, 0) is 13.0 Å². The molecule has 0 aliphatic rings. The van der Waals surface area contributed by atoms with Crippen molar-refractivity contribution in [2.75, 3.05) is 0 Å². The molecule has 84 valence electrons. The van der Waals surface area contributed by atoms with E-state index in [-0.39, 0.29) is 0 Å². The van der Waals surface area contributed by atoms with Crippen LogP contribution >= 0.6 is 0 Å². The number of nitrogens with zero attached hydrogens (tertiary/aromatic N) is 4. The van der Waals surface area contributed by atoms with E-state index >= 15 is 0 Å². The maximum Gasteiger partial charge on any atom is 0.226 e. The van der Waals surface area contributed by atoms with Crippen molar-refractivity contribution in [3.8, 4) is 0 Å². The molecule has 0 amide bonds. The number of imidazole rings is 1. The number of rotatable bonds is 5. The van der Waals surface area contributed by atoms with Crippen LogP contribution in [0.3, 0.4) is 0 Å². The van der Waals surface area contributed by atoms with Gasteiger partial charge in [0.15, 0.2) is 12.1 Å². The van der Waals surface area contributed by atoms with Crippen molar-refractivity contribution >= 4 is 6.29 Å². The first-order valence-electron chi connectivity index (χ1n) is 5.10. The van der Waals surface area contributed by atoms with Crippen LogP contribution in [0.25, 0.3) is 0 Å². The lowest BCUT2D eigenvalue weighted by Gasteiger charge is -1.93. The predicted octanol–water partition coefficient (Wildman–Crippen LogP) is 1.08. The first-order valence-corrected chi connectivity index (χ1v) is 5.10. The fourth-order valence-corrected chi connectivity index (χ4v) is 1.36. The van der Waals surface area contributed by atoms with Crippen LogP contribution in [0.1, 0.15) is 35.5 Å². The molecule has 0 aliphatic heterocycles. The van der Waals surface area contributed by atoms with Crippen molar-refractivity contribution in [3.05, 3.63) is 29.9 Å². The summed E-state index contributed by atoms with van der Waals surface area (Å²) in [7, 11) is 0. The highest BCUT2D eigenvalue weighted by atomic mass is 16.5. The summed E-state index contributed by atoms with van der Waals surface area (Å²) in [5.74, 6) is 1.24. The van der Waals surface area contributed by atoms with Crippen LogP contribution in [0.2, 0.25) is 0 Å². The molecule has 0 aromatic carbocycles. The van der Waals surface area contributed by atoms with Gasteiger partial charge in [0.1, 0.15) is 5.69 Å². The Balaban J connectivity index is 2.05. The van der Waals surface area contributed by atoms with Gasteiger partial charge >= 0.3 is 0 Å². The maximum absolute atomic E-state index is 10.4. The number of aldehydes is 1. The number of carbonyl (C=O) groups excluding carboxylic acids is 1. The fourth-order valence-electron chi connectivity index (χ4n) is 1.36. The Kier molecular flexibility index (Phi) is 3.09. The van der Waals surface area contributed by atoms with Gasteiger partial charge in [-0.2, -0.15) is 4.98 Å². The average molecular weight is 220 g/mol. The molecule has 0 saturated carbocycles. The van der Waals surface area contributed by atoms with Crippen LogP contribution in [0.5, 0.6) is 0 Å². The van der Waals surface area contributed by atoms with E-state index in [1.165, 1.54) is 0 Å². The van der Waals surface area contributed by atoms with Gasteiger partial charge < -0.3 is 9.09 Å². The lowest BCUT2D eigenvalue weighted by Crippen LogP contribution is -1.98. The molecule has 0 N–H and O–H groups in total. The fraction of sp³-hybridized carbons (Fsp3) is 0.400. The summed E-state index contributed by atoms with van der Waals surface area (Å²) in [6, 6.07) is 0. The molecule has 2 heterocycles. The number of hydrogen-bond acceptors (Lipinski definition) is 5. The Morgan fingerprint density at radius 2 is 2.44 bits per heavy atom. The molecular formula is C10H12N4O2.